The maximum atomic E-state index is 6.18. The SMILES string of the molecule is COc1cc2c(Oc3ccc(-c4nc5ccccc5s4)cc3)ncnc2cc1OCCCN1CCN(C)CC1. The van der Waals surface area contributed by atoms with Gasteiger partial charge in [-0.1, -0.05) is 12.1 Å². The van der Waals surface area contributed by atoms with Crippen molar-refractivity contribution in [3.63, 3.8) is 0 Å². The molecule has 6 rings (SSSR count). The summed E-state index contributed by atoms with van der Waals surface area (Å²) in [5, 5.41) is 1.74. The number of ether oxygens (including phenoxy) is 3. The van der Waals surface area contributed by atoms with Crippen LogP contribution in [0.25, 0.3) is 31.7 Å². The van der Waals surface area contributed by atoms with E-state index in [1.165, 1.54) is 11.0 Å². The van der Waals surface area contributed by atoms with Gasteiger partial charge in [0.2, 0.25) is 5.88 Å². The van der Waals surface area contributed by atoms with E-state index >= 15 is 0 Å². The summed E-state index contributed by atoms with van der Waals surface area (Å²) in [5.41, 5.74) is 2.80. The number of nitrogens with zero attached hydrogens (tertiary/aromatic N) is 5. The van der Waals surface area contributed by atoms with Crippen molar-refractivity contribution in [1.29, 1.82) is 0 Å². The van der Waals surface area contributed by atoms with Gasteiger partial charge < -0.3 is 24.0 Å². The molecule has 5 aromatic rings. The second kappa shape index (κ2) is 11.5. The summed E-state index contributed by atoms with van der Waals surface area (Å²) in [6.07, 6.45) is 2.47. The van der Waals surface area contributed by atoms with E-state index in [4.69, 9.17) is 19.2 Å². The summed E-state index contributed by atoms with van der Waals surface area (Å²) in [6.45, 7) is 6.11. The molecule has 0 unspecified atom stereocenters. The molecule has 9 heteroatoms. The van der Waals surface area contributed by atoms with Gasteiger partial charge in [-0.05, 0) is 55.9 Å². The summed E-state index contributed by atoms with van der Waals surface area (Å²) < 4.78 is 19.1. The maximum absolute atomic E-state index is 6.18. The molecular formula is C30H31N5O3S. The van der Waals surface area contributed by atoms with Crippen molar-refractivity contribution in [3.8, 4) is 33.7 Å². The third-order valence-electron chi connectivity index (χ3n) is 6.97. The van der Waals surface area contributed by atoms with Crippen LogP contribution in [0.3, 0.4) is 0 Å². The molecule has 39 heavy (non-hydrogen) atoms. The fraction of sp³-hybridized carbons (Fsp3) is 0.300. The van der Waals surface area contributed by atoms with Gasteiger partial charge >= 0.3 is 0 Å². The fourth-order valence-corrected chi connectivity index (χ4v) is 5.68. The molecule has 1 aliphatic rings. The van der Waals surface area contributed by atoms with Crippen LogP contribution in [0.4, 0.5) is 0 Å². The minimum atomic E-state index is 0.465. The zero-order valence-electron chi connectivity index (χ0n) is 22.2. The highest BCUT2D eigenvalue weighted by Crippen LogP contribution is 2.37. The van der Waals surface area contributed by atoms with Crippen LogP contribution in [-0.4, -0.2) is 78.2 Å². The van der Waals surface area contributed by atoms with E-state index in [0.29, 0.717) is 29.7 Å². The van der Waals surface area contributed by atoms with Crippen LogP contribution >= 0.6 is 11.3 Å². The number of hydrogen-bond donors (Lipinski definition) is 0. The van der Waals surface area contributed by atoms with E-state index in [9.17, 15) is 0 Å². The number of fused-ring (bicyclic) bond motifs is 2. The molecule has 1 saturated heterocycles. The highest BCUT2D eigenvalue weighted by molar-refractivity contribution is 7.21. The van der Waals surface area contributed by atoms with E-state index < -0.39 is 0 Å². The van der Waals surface area contributed by atoms with Gasteiger partial charge in [0.1, 0.15) is 17.1 Å². The number of thiazole rings is 1. The molecule has 8 nitrogen and oxygen atoms in total. The highest BCUT2D eigenvalue weighted by Gasteiger charge is 2.15. The Hall–Kier alpha value is -3.79. The zero-order valence-corrected chi connectivity index (χ0v) is 23.0. The first-order valence-corrected chi connectivity index (χ1v) is 14.0. The molecule has 1 aliphatic heterocycles. The van der Waals surface area contributed by atoms with Crippen LogP contribution in [0.15, 0.2) is 67.0 Å². The van der Waals surface area contributed by atoms with Gasteiger partial charge in [0.05, 0.1) is 34.8 Å². The van der Waals surface area contributed by atoms with Crippen molar-refractivity contribution in [2.45, 2.75) is 6.42 Å². The Morgan fingerprint density at radius 3 is 2.51 bits per heavy atom. The van der Waals surface area contributed by atoms with Crippen LogP contribution < -0.4 is 14.2 Å². The number of methoxy groups -OCH3 is 1. The molecular weight excluding hydrogens is 510 g/mol. The summed E-state index contributed by atoms with van der Waals surface area (Å²) >= 11 is 1.68. The Morgan fingerprint density at radius 1 is 0.897 bits per heavy atom. The number of piperazine rings is 1. The van der Waals surface area contributed by atoms with Crippen LogP contribution in [0.2, 0.25) is 0 Å². The lowest BCUT2D eigenvalue weighted by atomic mass is 10.2. The molecule has 0 spiro atoms. The minimum Gasteiger partial charge on any atom is -0.493 e. The molecule has 0 N–H and O–H groups in total. The molecule has 0 atom stereocenters. The number of para-hydroxylation sites is 1. The monoisotopic (exact) mass is 541 g/mol. The Labute approximate surface area is 231 Å². The van der Waals surface area contributed by atoms with Crippen LogP contribution in [0, 0.1) is 0 Å². The average molecular weight is 542 g/mol. The number of rotatable bonds is 9. The lowest BCUT2D eigenvalue weighted by Gasteiger charge is -2.32. The number of hydrogen-bond acceptors (Lipinski definition) is 9. The second-order valence-corrected chi connectivity index (χ2v) is 10.7. The Bertz CT molecular complexity index is 1530. The Balaban J connectivity index is 1.14. The first-order chi connectivity index (χ1) is 19.2. The standard InChI is InChI=1S/C30H31N5O3S/c1-34-13-15-35(16-14-34)12-5-17-37-27-19-25-23(18-26(27)36-2)29(32-20-31-25)38-22-10-8-21(9-11-22)30-33-24-6-3-4-7-28(24)39-30/h3-4,6-11,18-20H,5,12-17H2,1-2H3. The van der Waals surface area contributed by atoms with Crippen LogP contribution in [0.1, 0.15) is 6.42 Å². The third-order valence-corrected chi connectivity index (χ3v) is 8.05. The molecule has 2 aromatic heterocycles. The van der Waals surface area contributed by atoms with Gasteiger partial charge in [-0.3, -0.25) is 0 Å². The van der Waals surface area contributed by atoms with Gasteiger partial charge in [0, 0.05) is 44.4 Å². The Morgan fingerprint density at radius 2 is 1.72 bits per heavy atom. The van der Waals surface area contributed by atoms with Gasteiger partial charge in [-0.15, -0.1) is 11.3 Å². The molecule has 0 amide bonds. The molecule has 0 saturated carbocycles. The van der Waals surface area contributed by atoms with Gasteiger partial charge in [0.25, 0.3) is 0 Å². The molecule has 0 aliphatic carbocycles. The first-order valence-electron chi connectivity index (χ1n) is 13.2. The molecule has 3 heterocycles. The normalized spacial score (nSPS) is 14.6. The summed E-state index contributed by atoms with van der Waals surface area (Å²) in [7, 11) is 3.82. The largest absolute Gasteiger partial charge is 0.493 e. The first kappa shape index (κ1) is 25.5. The van der Waals surface area contributed by atoms with Gasteiger partial charge in [0.15, 0.2) is 11.5 Å². The van der Waals surface area contributed by atoms with Gasteiger partial charge in [-0.25, -0.2) is 15.0 Å². The van der Waals surface area contributed by atoms with Crippen molar-refractivity contribution in [1.82, 2.24) is 24.8 Å². The zero-order chi connectivity index (χ0) is 26.6. The fourth-order valence-electron chi connectivity index (χ4n) is 4.71. The smallest absolute Gasteiger partial charge is 0.230 e. The third kappa shape index (κ3) is 5.80. The summed E-state index contributed by atoms with van der Waals surface area (Å²) in [6, 6.07) is 19.9. The van der Waals surface area contributed by atoms with Crippen molar-refractivity contribution < 1.29 is 14.2 Å². The molecule has 1 fully saturated rings. The lowest BCUT2D eigenvalue weighted by molar-refractivity contribution is 0.145. The van der Waals surface area contributed by atoms with E-state index in [2.05, 4.69) is 32.9 Å². The second-order valence-electron chi connectivity index (χ2n) is 9.66. The number of likely N-dealkylation sites (N-methyl/N-ethyl adjacent to an activating group) is 1. The number of aromatic nitrogens is 3. The molecule has 0 bridgehead atoms. The van der Waals surface area contributed by atoms with Crippen molar-refractivity contribution in [3.05, 3.63) is 67.0 Å². The van der Waals surface area contributed by atoms with E-state index in [0.717, 1.165) is 66.1 Å². The van der Waals surface area contributed by atoms with E-state index in [-0.39, 0.29) is 0 Å². The van der Waals surface area contributed by atoms with Gasteiger partial charge in [-0.2, -0.15) is 0 Å². The number of benzene rings is 3. The molecule has 3 aromatic carbocycles. The summed E-state index contributed by atoms with van der Waals surface area (Å²) in [5.74, 6) is 2.46. The minimum absolute atomic E-state index is 0.465. The molecule has 0 radical (unpaired) electrons. The predicted octanol–water partition coefficient (Wildman–Crippen LogP) is 5.72. The van der Waals surface area contributed by atoms with Crippen molar-refractivity contribution >= 4 is 32.5 Å². The highest BCUT2D eigenvalue weighted by atomic mass is 32.1. The van der Waals surface area contributed by atoms with E-state index in [1.54, 1.807) is 18.4 Å². The predicted molar refractivity (Wildman–Crippen MR) is 155 cm³/mol. The van der Waals surface area contributed by atoms with Crippen molar-refractivity contribution in [2.75, 3.05) is 53.5 Å². The average Bonchev–Trinajstić information content (AvgIpc) is 3.41. The lowest BCUT2D eigenvalue weighted by Crippen LogP contribution is -2.44. The quantitative estimate of drug-likeness (QED) is 0.219. The van der Waals surface area contributed by atoms with Crippen LogP contribution in [-0.2, 0) is 0 Å². The summed E-state index contributed by atoms with van der Waals surface area (Å²) in [4.78, 5) is 18.5. The van der Waals surface area contributed by atoms with Crippen LogP contribution in [0.5, 0.6) is 23.1 Å². The Kier molecular flexibility index (Phi) is 7.53. The van der Waals surface area contributed by atoms with E-state index in [1.807, 2.05) is 54.6 Å². The van der Waals surface area contributed by atoms with Crippen molar-refractivity contribution in [2.24, 2.45) is 0 Å². The topological polar surface area (TPSA) is 72.8 Å². The maximum Gasteiger partial charge on any atom is 0.230 e. The molecule has 200 valence electrons.